The van der Waals surface area contributed by atoms with Gasteiger partial charge in [0.2, 0.25) is 0 Å². The summed E-state index contributed by atoms with van der Waals surface area (Å²) >= 11 is 11.7. The Labute approximate surface area is 105 Å². The third kappa shape index (κ3) is 2.33. The average molecular weight is 258 g/mol. The summed E-state index contributed by atoms with van der Waals surface area (Å²) in [6, 6.07) is 5.26. The van der Waals surface area contributed by atoms with Crippen molar-refractivity contribution in [3.05, 3.63) is 34.3 Å². The molecule has 1 aliphatic carbocycles. The standard InChI is InChI=1S/C12H13Cl2NO/c1-8-6-9(14)2-3-10(8)11(16)15-12(7-13)4-5-12/h2-3,6H,4-5,7H2,1H3,(H,15,16). The molecule has 1 aliphatic rings. The summed E-state index contributed by atoms with van der Waals surface area (Å²) in [7, 11) is 0. The van der Waals surface area contributed by atoms with E-state index < -0.39 is 0 Å². The molecule has 0 radical (unpaired) electrons. The third-order valence-electron chi connectivity index (χ3n) is 2.92. The monoisotopic (exact) mass is 257 g/mol. The summed E-state index contributed by atoms with van der Waals surface area (Å²) < 4.78 is 0. The number of rotatable bonds is 3. The molecule has 86 valence electrons. The van der Waals surface area contributed by atoms with Gasteiger partial charge in [-0.2, -0.15) is 0 Å². The van der Waals surface area contributed by atoms with Gasteiger partial charge in [-0.1, -0.05) is 11.6 Å². The van der Waals surface area contributed by atoms with Gasteiger partial charge in [-0.3, -0.25) is 4.79 Å². The van der Waals surface area contributed by atoms with Crippen LogP contribution in [0.4, 0.5) is 0 Å². The molecule has 2 nitrogen and oxygen atoms in total. The van der Waals surface area contributed by atoms with Crippen LogP contribution in [0, 0.1) is 6.92 Å². The molecule has 1 fully saturated rings. The average Bonchev–Trinajstić information content (AvgIpc) is 2.98. The van der Waals surface area contributed by atoms with Crippen molar-refractivity contribution in [1.29, 1.82) is 0 Å². The lowest BCUT2D eigenvalue weighted by atomic mass is 10.1. The Balaban J connectivity index is 2.15. The fraction of sp³-hybridized carbons (Fsp3) is 0.417. The summed E-state index contributed by atoms with van der Waals surface area (Å²) in [6.07, 6.45) is 1.93. The lowest BCUT2D eigenvalue weighted by molar-refractivity contribution is 0.0935. The van der Waals surface area contributed by atoms with Gasteiger partial charge in [0, 0.05) is 16.5 Å². The molecule has 1 amide bonds. The summed E-state index contributed by atoms with van der Waals surface area (Å²) in [5.74, 6) is 0.415. The molecule has 0 atom stereocenters. The minimum atomic E-state index is -0.162. The minimum Gasteiger partial charge on any atom is -0.345 e. The van der Waals surface area contributed by atoms with E-state index in [0.717, 1.165) is 18.4 Å². The predicted molar refractivity (Wildman–Crippen MR) is 66.3 cm³/mol. The van der Waals surface area contributed by atoms with E-state index in [0.29, 0.717) is 16.5 Å². The van der Waals surface area contributed by atoms with Crippen LogP contribution in [-0.4, -0.2) is 17.3 Å². The number of alkyl halides is 1. The van der Waals surface area contributed by atoms with E-state index in [1.54, 1.807) is 18.2 Å². The van der Waals surface area contributed by atoms with Crippen molar-refractivity contribution in [2.45, 2.75) is 25.3 Å². The van der Waals surface area contributed by atoms with Crippen molar-refractivity contribution in [2.24, 2.45) is 0 Å². The number of carbonyl (C=O) groups is 1. The Morgan fingerprint density at radius 2 is 2.19 bits per heavy atom. The topological polar surface area (TPSA) is 29.1 Å². The minimum absolute atomic E-state index is 0.0627. The zero-order chi connectivity index (χ0) is 11.8. The Bertz CT molecular complexity index is 427. The Morgan fingerprint density at radius 3 is 2.69 bits per heavy atom. The molecule has 2 rings (SSSR count). The lowest BCUT2D eigenvalue weighted by Crippen LogP contribution is -2.38. The number of halogens is 2. The Kier molecular flexibility index (Phi) is 3.13. The Hall–Kier alpha value is -0.730. The van der Waals surface area contributed by atoms with Crippen LogP contribution in [0.15, 0.2) is 18.2 Å². The highest BCUT2D eigenvalue weighted by atomic mass is 35.5. The molecule has 0 spiro atoms. The number of nitrogens with one attached hydrogen (secondary N) is 1. The van der Waals surface area contributed by atoms with Crippen LogP contribution in [0.5, 0.6) is 0 Å². The highest BCUT2D eigenvalue weighted by Crippen LogP contribution is 2.36. The van der Waals surface area contributed by atoms with Gasteiger partial charge in [-0.05, 0) is 43.5 Å². The molecule has 0 aromatic heterocycles. The lowest BCUT2D eigenvalue weighted by Gasteiger charge is -2.15. The van der Waals surface area contributed by atoms with Crippen LogP contribution in [0.25, 0.3) is 0 Å². The second kappa shape index (κ2) is 4.27. The zero-order valence-corrected chi connectivity index (χ0v) is 10.5. The van der Waals surface area contributed by atoms with E-state index in [-0.39, 0.29) is 11.4 Å². The largest absolute Gasteiger partial charge is 0.345 e. The van der Waals surface area contributed by atoms with E-state index in [1.807, 2.05) is 6.92 Å². The van der Waals surface area contributed by atoms with Gasteiger partial charge in [0.25, 0.3) is 5.91 Å². The number of benzene rings is 1. The first kappa shape index (κ1) is 11.7. The molecule has 1 aromatic rings. The normalized spacial score (nSPS) is 16.9. The first-order chi connectivity index (χ1) is 7.56. The quantitative estimate of drug-likeness (QED) is 0.829. The van der Waals surface area contributed by atoms with Gasteiger partial charge in [-0.15, -0.1) is 11.6 Å². The van der Waals surface area contributed by atoms with Crippen LogP contribution in [0.2, 0.25) is 5.02 Å². The highest BCUT2D eigenvalue weighted by Gasteiger charge is 2.43. The molecule has 1 saturated carbocycles. The number of aryl methyl sites for hydroxylation is 1. The van der Waals surface area contributed by atoms with Crippen molar-refractivity contribution in [2.75, 3.05) is 5.88 Å². The SMILES string of the molecule is Cc1cc(Cl)ccc1C(=O)NC1(CCl)CC1. The first-order valence-electron chi connectivity index (χ1n) is 5.21. The zero-order valence-electron chi connectivity index (χ0n) is 9.02. The molecule has 0 saturated heterocycles. The second-order valence-corrected chi connectivity index (χ2v) is 5.03. The van der Waals surface area contributed by atoms with Crippen molar-refractivity contribution >= 4 is 29.1 Å². The summed E-state index contributed by atoms with van der Waals surface area (Å²) in [6.45, 7) is 1.88. The van der Waals surface area contributed by atoms with E-state index in [4.69, 9.17) is 23.2 Å². The number of amides is 1. The first-order valence-corrected chi connectivity index (χ1v) is 6.12. The molecular formula is C12H13Cl2NO. The fourth-order valence-electron chi connectivity index (χ4n) is 1.63. The molecule has 1 N–H and O–H groups in total. The summed E-state index contributed by atoms with van der Waals surface area (Å²) in [4.78, 5) is 12.0. The van der Waals surface area contributed by atoms with Crippen molar-refractivity contribution in [3.63, 3.8) is 0 Å². The Morgan fingerprint density at radius 1 is 1.50 bits per heavy atom. The molecule has 16 heavy (non-hydrogen) atoms. The summed E-state index contributed by atoms with van der Waals surface area (Å²) in [5, 5.41) is 3.63. The van der Waals surface area contributed by atoms with Crippen LogP contribution in [0.1, 0.15) is 28.8 Å². The number of hydrogen-bond acceptors (Lipinski definition) is 1. The van der Waals surface area contributed by atoms with Gasteiger partial charge >= 0.3 is 0 Å². The van der Waals surface area contributed by atoms with Gasteiger partial charge in [0.1, 0.15) is 0 Å². The van der Waals surface area contributed by atoms with Gasteiger partial charge in [0.15, 0.2) is 0 Å². The summed E-state index contributed by atoms with van der Waals surface area (Å²) in [5.41, 5.74) is 1.39. The van der Waals surface area contributed by atoms with Crippen molar-refractivity contribution in [3.8, 4) is 0 Å². The maximum absolute atomic E-state index is 12.0. The van der Waals surface area contributed by atoms with Crippen LogP contribution < -0.4 is 5.32 Å². The molecule has 0 heterocycles. The van der Waals surface area contributed by atoms with Crippen LogP contribution >= 0.6 is 23.2 Å². The van der Waals surface area contributed by atoms with Gasteiger partial charge < -0.3 is 5.32 Å². The molecule has 0 aliphatic heterocycles. The maximum Gasteiger partial charge on any atom is 0.252 e. The molecule has 0 bridgehead atoms. The maximum atomic E-state index is 12.0. The smallest absolute Gasteiger partial charge is 0.252 e. The molecule has 0 unspecified atom stereocenters. The van der Waals surface area contributed by atoms with Crippen molar-refractivity contribution in [1.82, 2.24) is 5.32 Å². The molecule has 4 heteroatoms. The van der Waals surface area contributed by atoms with E-state index in [9.17, 15) is 4.79 Å². The second-order valence-electron chi connectivity index (χ2n) is 4.33. The molecule has 1 aromatic carbocycles. The van der Waals surface area contributed by atoms with E-state index in [1.165, 1.54) is 0 Å². The van der Waals surface area contributed by atoms with Crippen LogP contribution in [0.3, 0.4) is 0 Å². The number of hydrogen-bond donors (Lipinski definition) is 1. The third-order valence-corrected chi connectivity index (χ3v) is 3.67. The van der Waals surface area contributed by atoms with Gasteiger partial charge in [-0.25, -0.2) is 0 Å². The number of carbonyl (C=O) groups excluding carboxylic acids is 1. The van der Waals surface area contributed by atoms with E-state index >= 15 is 0 Å². The van der Waals surface area contributed by atoms with Gasteiger partial charge in [0.05, 0.1) is 5.54 Å². The van der Waals surface area contributed by atoms with E-state index in [2.05, 4.69) is 5.32 Å². The van der Waals surface area contributed by atoms with Crippen molar-refractivity contribution < 1.29 is 4.79 Å². The highest BCUT2D eigenvalue weighted by molar-refractivity contribution is 6.30. The predicted octanol–water partition coefficient (Wildman–Crippen LogP) is 3.15. The molecular weight excluding hydrogens is 245 g/mol. The van der Waals surface area contributed by atoms with Crippen LogP contribution in [-0.2, 0) is 0 Å². The fourth-order valence-corrected chi connectivity index (χ4v) is 2.19.